The molecule has 2 heterocycles. The Kier molecular flexibility index (Phi) is 3.38. The van der Waals surface area contributed by atoms with Gasteiger partial charge < -0.3 is 4.74 Å². The lowest BCUT2D eigenvalue weighted by atomic mass is 9.93. The lowest BCUT2D eigenvalue weighted by Gasteiger charge is -2.18. The van der Waals surface area contributed by atoms with E-state index in [2.05, 4.69) is 4.98 Å². The topological polar surface area (TPSA) is 64.1 Å². The molecule has 0 radical (unpaired) electrons. The Balaban J connectivity index is 2.35. The van der Waals surface area contributed by atoms with E-state index in [9.17, 15) is 14.0 Å². The summed E-state index contributed by atoms with van der Waals surface area (Å²) in [6, 6.07) is 1.19. The Hall–Kier alpha value is -1.43. The highest BCUT2D eigenvalue weighted by Crippen LogP contribution is 2.38. The number of nitrogens with one attached hydrogen (secondary N) is 1. The van der Waals surface area contributed by atoms with Crippen LogP contribution in [0.25, 0.3) is 0 Å². The van der Waals surface area contributed by atoms with Crippen LogP contribution in [0.3, 0.4) is 0 Å². The molecule has 0 aromatic carbocycles. The normalized spacial score (nSPS) is 32.1. The molecule has 0 saturated carbocycles. The molecule has 1 N–H and O–H groups in total. The van der Waals surface area contributed by atoms with Crippen LogP contribution in [0.4, 0.5) is 4.39 Å². The number of halogens is 1. The fraction of sp³-hybridized carbons (Fsp3) is 0.667. The minimum atomic E-state index is -1.26. The molecule has 2 rings (SSSR count). The summed E-state index contributed by atoms with van der Waals surface area (Å²) in [5, 5.41) is 0. The number of alkyl halides is 1. The Morgan fingerprint density at radius 3 is 2.61 bits per heavy atom. The molecule has 1 aromatic heterocycles. The summed E-state index contributed by atoms with van der Waals surface area (Å²) in [5.41, 5.74) is -1.15. The molecule has 6 heteroatoms. The molecule has 100 valence electrons. The van der Waals surface area contributed by atoms with Crippen LogP contribution in [0.2, 0.25) is 0 Å². The van der Waals surface area contributed by atoms with Crippen molar-refractivity contribution in [3.63, 3.8) is 0 Å². The molecule has 5 nitrogen and oxygen atoms in total. The quantitative estimate of drug-likeness (QED) is 0.860. The molecular formula is C12H17FN2O3. The van der Waals surface area contributed by atoms with Crippen molar-refractivity contribution in [3.05, 3.63) is 33.1 Å². The summed E-state index contributed by atoms with van der Waals surface area (Å²) in [6.07, 6.45) is -1.19. The first-order valence-corrected chi connectivity index (χ1v) is 6.03. The maximum Gasteiger partial charge on any atom is 0.330 e. The molecule has 0 amide bonds. The van der Waals surface area contributed by atoms with Crippen LogP contribution < -0.4 is 11.2 Å². The standard InChI is InChI=1S/C12H17FN2O3/c1-6(2)10-7(3)9(13)11(18-10)15-5-4-8(16)14-12(15)17/h4-7,9-11H,1-3H3,(H,14,16,17)/t7?,9-,10+,11+/m0/s1. The van der Waals surface area contributed by atoms with Crippen molar-refractivity contribution in [2.45, 2.75) is 39.3 Å². The number of hydrogen-bond donors (Lipinski definition) is 1. The van der Waals surface area contributed by atoms with Gasteiger partial charge >= 0.3 is 5.69 Å². The maximum atomic E-state index is 14.2. The molecule has 1 fully saturated rings. The molecule has 0 spiro atoms. The van der Waals surface area contributed by atoms with E-state index < -0.39 is 23.6 Å². The summed E-state index contributed by atoms with van der Waals surface area (Å²) in [6.45, 7) is 5.67. The third kappa shape index (κ3) is 2.12. The second kappa shape index (κ2) is 4.68. The van der Waals surface area contributed by atoms with Crippen molar-refractivity contribution in [2.24, 2.45) is 11.8 Å². The third-order valence-electron chi connectivity index (χ3n) is 3.37. The van der Waals surface area contributed by atoms with Gasteiger partial charge in [-0.3, -0.25) is 14.3 Å². The van der Waals surface area contributed by atoms with E-state index >= 15 is 0 Å². The van der Waals surface area contributed by atoms with E-state index in [1.807, 2.05) is 13.8 Å². The Morgan fingerprint density at radius 2 is 2.11 bits per heavy atom. The van der Waals surface area contributed by atoms with Crippen molar-refractivity contribution in [3.8, 4) is 0 Å². The van der Waals surface area contributed by atoms with Gasteiger partial charge in [0.2, 0.25) is 0 Å². The van der Waals surface area contributed by atoms with Gasteiger partial charge in [-0.15, -0.1) is 0 Å². The van der Waals surface area contributed by atoms with E-state index in [-0.39, 0.29) is 17.9 Å². The number of nitrogens with zero attached hydrogens (tertiary/aromatic N) is 1. The Morgan fingerprint density at radius 1 is 1.44 bits per heavy atom. The van der Waals surface area contributed by atoms with Crippen LogP contribution in [0, 0.1) is 11.8 Å². The summed E-state index contributed by atoms with van der Waals surface area (Å²) < 4.78 is 20.9. The lowest BCUT2D eigenvalue weighted by Crippen LogP contribution is -2.34. The average Bonchev–Trinajstić information content (AvgIpc) is 2.57. The summed E-state index contributed by atoms with van der Waals surface area (Å²) >= 11 is 0. The first kappa shape index (κ1) is 13.0. The fourth-order valence-corrected chi connectivity index (χ4v) is 2.41. The van der Waals surface area contributed by atoms with Gasteiger partial charge in [0.15, 0.2) is 12.4 Å². The van der Waals surface area contributed by atoms with E-state index in [0.29, 0.717) is 0 Å². The van der Waals surface area contributed by atoms with E-state index in [0.717, 1.165) is 4.57 Å². The summed E-state index contributed by atoms with van der Waals surface area (Å²) in [7, 11) is 0. The van der Waals surface area contributed by atoms with Crippen molar-refractivity contribution in [2.75, 3.05) is 0 Å². The van der Waals surface area contributed by atoms with Crippen molar-refractivity contribution < 1.29 is 9.13 Å². The van der Waals surface area contributed by atoms with Crippen LogP contribution in [0.5, 0.6) is 0 Å². The van der Waals surface area contributed by atoms with Crippen LogP contribution in [-0.4, -0.2) is 21.8 Å². The van der Waals surface area contributed by atoms with Crippen LogP contribution >= 0.6 is 0 Å². The second-order valence-corrected chi connectivity index (χ2v) is 5.06. The number of H-pyrrole nitrogens is 1. The van der Waals surface area contributed by atoms with Gasteiger partial charge in [-0.25, -0.2) is 9.18 Å². The minimum absolute atomic E-state index is 0.168. The number of hydrogen-bond acceptors (Lipinski definition) is 3. The van der Waals surface area contributed by atoms with Gasteiger partial charge in [0.25, 0.3) is 5.56 Å². The number of rotatable bonds is 2. The van der Waals surface area contributed by atoms with Gasteiger partial charge in [-0.1, -0.05) is 20.8 Å². The first-order valence-electron chi connectivity index (χ1n) is 6.03. The maximum absolute atomic E-state index is 14.2. The van der Waals surface area contributed by atoms with Crippen molar-refractivity contribution in [1.82, 2.24) is 9.55 Å². The van der Waals surface area contributed by atoms with Gasteiger partial charge in [0.05, 0.1) is 6.10 Å². The zero-order valence-corrected chi connectivity index (χ0v) is 10.6. The van der Waals surface area contributed by atoms with E-state index in [4.69, 9.17) is 4.74 Å². The monoisotopic (exact) mass is 256 g/mol. The highest BCUT2D eigenvalue weighted by Gasteiger charge is 2.44. The van der Waals surface area contributed by atoms with Crippen LogP contribution in [-0.2, 0) is 4.74 Å². The predicted octanol–water partition coefficient (Wildman–Crippen LogP) is 1.06. The number of aromatic amines is 1. The van der Waals surface area contributed by atoms with Crippen molar-refractivity contribution in [1.29, 1.82) is 0 Å². The fourth-order valence-electron chi connectivity index (χ4n) is 2.41. The minimum Gasteiger partial charge on any atom is -0.351 e. The first-order chi connectivity index (χ1) is 8.41. The molecular weight excluding hydrogens is 239 g/mol. The van der Waals surface area contributed by atoms with Gasteiger partial charge in [0, 0.05) is 18.2 Å². The number of ether oxygens (including phenoxy) is 1. The third-order valence-corrected chi connectivity index (χ3v) is 3.37. The Labute approximate surface area is 104 Å². The lowest BCUT2D eigenvalue weighted by molar-refractivity contribution is -0.0395. The average molecular weight is 256 g/mol. The molecule has 0 aliphatic carbocycles. The zero-order valence-electron chi connectivity index (χ0n) is 10.6. The molecule has 1 unspecified atom stereocenters. The SMILES string of the molecule is CC(C)[C@H]1O[C@@H](n2ccc(=O)[nH]c2=O)[C@@H](F)C1C. The summed E-state index contributed by atoms with van der Waals surface area (Å²) in [4.78, 5) is 24.7. The molecule has 1 saturated heterocycles. The smallest absolute Gasteiger partial charge is 0.330 e. The Bertz CT molecular complexity index is 537. The highest BCUT2D eigenvalue weighted by molar-refractivity contribution is 4.92. The highest BCUT2D eigenvalue weighted by atomic mass is 19.1. The molecule has 4 atom stereocenters. The molecule has 1 aromatic rings. The van der Waals surface area contributed by atoms with Crippen molar-refractivity contribution >= 4 is 0 Å². The largest absolute Gasteiger partial charge is 0.351 e. The zero-order chi connectivity index (χ0) is 13.4. The number of aromatic nitrogens is 2. The van der Waals surface area contributed by atoms with E-state index in [1.165, 1.54) is 12.3 Å². The van der Waals surface area contributed by atoms with Crippen LogP contribution in [0.1, 0.15) is 27.0 Å². The molecule has 0 bridgehead atoms. The van der Waals surface area contributed by atoms with Gasteiger partial charge in [-0.05, 0) is 5.92 Å². The van der Waals surface area contributed by atoms with Gasteiger partial charge in [-0.2, -0.15) is 0 Å². The molecule has 1 aliphatic heterocycles. The summed E-state index contributed by atoms with van der Waals surface area (Å²) in [5.74, 6) is -0.115. The van der Waals surface area contributed by atoms with Crippen LogP contribution in [0.15, 0.2) is 21.9 Å². The van der Waals surface area contributed by atoms with E-state index in [1.54, 1.807) is 6.92 Å². The molecule has 18 heavy (non-hydrogen) atoms. The molecule has 1 aliphatic rings. The second-order valence-electron chi connectivity index (χ2n) is 5.06. The van der Waals surface area contributed by atoms with Gasteiger partial charge in [0.1, 0.15) is 0 Å². The predicted molar refractivity (Wildman–Crippen MR) is 64.1 cm³/mol.